The maximum absolute atomic E-state index is 4.02. The van der Waals surface area contributed by atoms with Gasteiger partial charge in [0.1, 0.15) is 0 Å². The molecule has 2 aromatic heterocycles. The molecular formula is C13H19N3S. The molecule has 0 unspecified atom stereocenters. The summed E-state index contributed by atoms with van der Waals surface area (Å²) in [6.45, 7) is 8.44. The van der Waals surface area contributed by atoms with E-state index < -0.39 is 0 Å². The molecule has 0 saturated carbocycles. The van der Waals surface area contributed by atoms with E-state index in [1.165, 1.54) is 10.4 Å². The lowest BCUT2D eigenvalue weighted by Crippen LogP contribution is -2.31. The zero-order valence-electron chi connectivity index (χ0n) is 10.6. The van der Waals surface area contributed by atoms with Gasteiger partial charge < -0.3 is 5.32 Å². The van der Waals surface area contributed by atoms with E-state index in [1.807, 2.05) is 17.5 Å². The molecule has 3 nitrogen and oxygen atoms in total. The maximum atomic E-state index is 4.02. The van der Waals surface area contributed by atoms with Crippen LogP contribution in [0.5, 0.6) is 0 Å². The van der Waals surface area contributed by atoms with E-state index in [-0.39, 0.29) is 5.41 Å². The molecule has 0 aliphatic heterocycles. The van der Waals surface area contributed by atoms with Gasteiger partial charge in [-0.25, -0.2) is 0 Å². The predicted molar refractivity (Wildman–Crippen MR) is 72.4 cm³/mol. The molecule has 0 amide bonds. The van der Waals surface area contributed by atoms with Crippen LogP contribution in [0, 0.1) is 6.92 Å². The molecule has 0 aliphatic carbocycles. The average Bonchev–Trinajstić information content (AvgIpc) is 2.90. The van der Waals surface area contributed by atoms with Gasteiger partial charge in [0.05, 0.1) is 6.20 Å². The van der Waals surface area contributed by atoms with Gasteiger partial charge in [-0.1, -0.05) is 19.9 Å². The molecule has 2 rings (SSSR count). The number of H-pyrrole nitrogens is 1. The first-order valence-corrected chi connectivity index (χ1v) is 6.71. The summed E-state index contributed by atoms with van der Waals surface area (Å²) in [6.07, 6.45) is 1.89. The number of nitrogens with one attached hydrogen (secondary N) is 2. The Bertz CT molecular complexity index is 457. The molecule has 0 fully saturated rings. The SMILES string of the molecule is Cc1[nH]ncc1CNCC(C)(C)c1cccs1. The summed E-state index contributed by atoms with van der Waals surface area (Å²) >= 11 is 1.82. The van der Waals surface area contributed by atoms with Crippen molar-refractivity contribution in [3.8, 4) is 0 Å². The molecule has 0 bridgehead atoms. The summed E-state index contributed by atoms with van der Waals surface area (Å²) in [5.74, 6) is 0. The summed E-state index contributed by atoms with van der Waals surface area (Å²) in [6, 6.07) is 4.32. The van der Waals surface area contributed by atoms with Crippen LogP contribution in [0.1, 0.15) is 30.0 Å². The molecule has 0 aliphatic rings. The third-order valence-corrected chi connectivity index (χ3v) is 4.24. The molecule has 0 atom stereocenters. The quantitative estimate of drug-likeness (QED) is 0.855. The third kappa shape index (κ3) is 2.96. The second-order valence-electron chi connectivity index (χ2n) is 4.98. The van der Waals surface area contributed by atoms with Gasteiger partial charge in [0, 0.05) is 34.6 Å². The van der Waals surface area contributed by atoms with E-state index in [0.717, 1.165) is 18.8 Å². The Morgan fingerprint density at radius 2 is 2.29 bits per heavy atom. The lowest BCUT2D eigenvalue weighted by atomic mass is 9.91. The number of rotatable bonds is 5. The van der Waals surface area contributed by atoms with Crippen molar-refractivity contribution in [1.82, 2.24) is 15.5 Å². The second-order valence-corrected chi connectivity index (χ2v) is 5.93. The molecule has 0 saturated heterocycles. The highest BCUT2D eigenvalue weighted by Gasteiger charge is 2.21. The van der Waals surface area contributed by atoms with Crippen LogP contribution in [0.2, 0.25) is 0 Å². The van der Waals surface area contributed by atoms with E-state index in [4.69, 9.17) is 0 Å². The Balaban J connectivity index is 1.88. The fourth-order valence-electron chi connectivity index (χ4n) is 1.81. The number of aromatic amines is 1. The van der Waals surface area contributed by atoms with E-state index in [9.17, 15) is 0 Å². The summed E-state index contributed by atoms with van der Waals surface area (Å²) in [4.78, 5) is 1.42. The summed E-state index contributed by atoms with van der Waals surface area (Å²) < 4.78 is 0. The summed E-state index contributed by atoms with van der Waals surface area (Å²) in [7, 11) is 0. The number of thiophene rings is 1. The molecule has 2 heterocycles. The first kappa shape index (κ1) is 12.3. The van der Waals surface area contributed by atoms with E-state index in [2.05, 4.69) is 53.8 Å². The molecule has 0 aromatic carbocycles. The van der Waals surface area contributed by atoms with Crippen molar-refractivity contribution >= 4 is 11.3 Å². The summed E-state index contributed by atoms with van der Waals surface area (Å²) in [5.41, 5.74) is 2.57. The zero-order chi connectivity index (χ0) is 12.3. The Morgan fingerprint density at radius 1 is 1.47 bits per heavy atom. The number of aryl methyl sites for hydroxylation is 1. The highest BCUT2D eigenvalue weighted by atomic mass is 32.1. The number of aromatic nitrogens is 2. The first-order chi connectivity index (χ1) is 8.09. The fourth-order valence-corrected chi connectivity index (χ4v) is 2.67. The van der Waals surface area contributed by atoms with Gasteiger partial charge in [-0.15, -0.1) is 11.3 Å². The van der Waals surface area contributed by atoms with Crippen molar-refractivity contribution in [2.24, 2.45) is 0 Å². The first-order valence-electron chi connectivity index (χ1n) is 5.83. The minimum atomic E-state index is 0.186. The molecule has 2 aromatic rings. The van der Waals surface area contributed by atoms with Crippen molar-refractivity contribution in [3.63, 3.8) is 0 Å². The van der Waals surface area contributed by atoms with Crippen molar-refractivity contribution in [2.75, 3.05) is 6.54 Å². The van der Waals surface area contributed by atoms with Crippen molar-refractivity contribution in [3.05, 3.63) is 39.8 Å². The molecule has 0 radical (unpaired) electrons. The highest BCUT2D eigenvalue weighted by Crippen LogP contribution is 2.26. The lowest BCUT2D eigenvalue weighted by Gasteiger charge is -2.23. The zero-order valence-corrected chi connectivity index (χ0v) is 11.4. The van der Waals surface area contributed by atoms with Crippen LogP contribution in [-0.4, -0.2) is 16.7 Å². The number of hydrogen-bond donors (Lipinski definition) is 2. The Kier molecular flexibility index (Phi) is 3.64. The van der Waals surface area contributed by atoms with E-state index in [0.29, 0.717) is 0 Å². The maximum Gasteiger partial charge on any atom is 0.0535 e. The average molecular weight is 249 g/mol. The smallest absolute Gasteiger partial charge is 0.0535 e. The van der Waals surface area contributed by atoms with E-state index in [1.54, 1.807) is 0 Å². The van der Waals surface area contributed by atoms with E-state index >= 15 is 0 Å². The normalized spacial score (nSPS) is 11.9. The van der Waals surface area contributed by atoms with Crippen LogP contribution in [-0.2, 0) is 12.0 Å². The van der Waals surface area contributed by atoms with Crippen molar-refractivity contribution in [1.29, 1.82) is 0 Å². The lowest BCUT2D eigenvalue weighted by molar-refractivity contribution is 0.476. The molecule has 4 heteroatoms. The van der Waals surface area contributed by atoms with Crippen LogP contribution < -0.4 is 5.32 Å². The topological polar surface area (TPSA) is 40.7 Å². The number of hydrogen-bond acceptors (Lipinski definition) is 3. The minimum absolute atomic E-state index is 0.186. The fraction of sp³-hybridized carbons (Fsp3) is 0.462. The second kappa shape index (κ2) is 5.02. The van der Waals surface area contributed by atoms with Gasteiger partial charge in [0.25, 0.3) is 0 Å². The van der Waals surface area contributed by atoms with Gasteiger partial charge >= 0.3 is 0 Å². The minimum Gasteiger partial charge on any atom is -0.312 e. The molecule has 92 valence electrons. The van der Waals surface area contributed by atoms with Gasteiger partial charge in [-0.05, 0) is 18.4 Å². The predicted octanol–water partition coefficient (Wildman–Crippen LogP) is 2.85. The van der Waals surface area contributed by atoms with Crippen LogP contribution >= 0.6 is 11.3 Å². The molecule has 2 N–H and O–H groups in total. The third-order valence-electron chi connectivity index (χ3n) is 3.00. The summed E-state index contributed by atoms with van der Waals surface area (Å²) in [5, 5.41) is 12.6. The van der Waals surface area contributed by atoms with Gasteiger partial charge in [0.2, 0.25) is 0 Å². The van der Waals surface area contributed by atoms with Crippen molar-refractivity contribution < 1.29 is 0 Å². The Labute approximate surface area is 106 Å². The van der Waals surface area contributed by atoms with Crippen LogP contribution in [0.3, 0.4) is 0 Å². The standard InChI is InChI=1S/C13H19N3S/c1-10-11(8-15-16-10)7-14-9-13(2,3)12-5-4-6-17-12/h4-6,8,14H,7,9H2,1-3H3,(H,15,16). The molecule has 17 heavy (non-hydrogen) atoms. The molecular weight excluding hydrogens is 230 g/mol. The van der Waals surface area contributed by atoms with Crippen LogP contribution in [0.25, 0.3) is 0 Å². The highest BCUT2D eigenvalue weighted by molar-refractivity contribution is 7.10. The Hall–Kier alpha value is -1.13. The molecule has 0 spiro atoms. The Morgan fingerprint density at radius 3 is 2.88 bits per heavy atom. The largest absolute Gasteiger partial charge is 0.312 e. The monoisotopic (exact) mass is 249 g/mol. The van der Waals surface area contributed by atoms with Crippen LogP contribution in [0.15, 0.2) is 23.7 Å². The number of nitrogens with zero attached hydrogens (tertiary/aromatic N) is 1. The van der Waals surface area contributed by atoms with Crippen LogP contribution in [0.4, 0.5) is 0 Å². The van der Waals surface area contributed by atoms with Gasteiger partial charge in [-0.3, -0.25) is 5.10 Å². The van der Waals surface area contributed by atoms with Gasteiger partial charge in [-0.2, -0.15) is 5.10 Å². The van der Waals surface area contributed by atoms with Gasteiger partial charge in [0.15, 0.2) is 0 Å². The van der Waals surface area contributed by atoms with Crippen molar-refractivity contribution in [2.45, 2.75) is 32.7 Å².